The zero-order chi connectivity index (χ0) is 5.91. The highest BCUT2D eigenvalue weighted by molar-refractivity contribution is 5.83. The minimum Gasteiger partial charge on any atom is -0.354 e. The van der Waals surface area contributed by atoms with Gasteiger partial charge in [-0.2, -0.15) is 0 Å². The van der Waals surface area contributed by atoms with Crippen LogP contribution in [0.4, 0.5) is 0 Å². The molecular formula is C3H4O4. The normalized spacial score (nSPS) is 10.6. The fraction of sp³-hybridized carbons (Fsp3) is 0.333. The van der Waals surface area contributed by atoms with Gasteiger partial charge in [-0.15, -0.1) is 0 Å². The number of hydrogen-bond acceptors (Lipinski definition) is 4. The molecule has 0 amide bonds. The zero-order valence-electron chi connectivity index (χ0n) is 3.37. The number of carbonyl (C=O) groups excluding carboxylic acids is 2. The molecule has 4 nitrogen and oxygen atoms in total. The smallest absolute Gasteiger partial charge is 0.279 e. The van der Waals surface area contributed by atoms with Gasteiger partial charge < -0.3 is 10.2 Å². The van der Waals surface area contributed by atoms with Crippen LogP contribution in [0.3, 0.4) is 0 Å². The lowest BCUT2D eigenvalue weighted by atomic mass is 10.4. The molecule has 0 heterocycles. The van der Waals surface area contributed by atoms with E-state index in [1.807, 2.05) is 0 Å². The Balaban J connectivity index is 3.82. The lowest BCUT2D eigenvalue weighted by Crippen LogP contribution is -2.31. The van der Waals surface area contributed by atoms with Crippen molar-refractivity contribution in [1.29, 1.82) is 0 Å². The van der Waals surface area contributed by atoms with E-state index in [0.717, 1.165) is 0 Å². The van der Waals surface area contributed by atoms with E-state index in [2.05, 4.69) is 0 Å². The summed E-state index contributed by atoms with van der Waals surface area (Å²) in [6.45, 7) is 0. The number of carbonyl (C=O) groups is 2. The molecule has 0 saturated carbocycles. The van der Waals surface area contributed by atoms with Crippen molar-refractivity contribution in [1.82, 2.24) is 0 Å². The monoisotopic (exact) mass is 104 g/mol. The standard InChI is InChI=1S/C3H4O4/c4-1-3(6,7)2-5/h1-2,6-7H. The zero-order valence-corrected chi connectivity index (χ0v) is 3.37. The van der Waals surface area contributed by atoms with Crippen LogP contribution in [0, 0.1) is 0 Å². The molecule has 0 aromatic heterocycles. The van der Waals surface area contributed by atoms with Crippen molar-refractivity contribution >= 4 is 12.6 Å². The molecule has 2 N–H and O–H groups in total. The molecule has 0 bridgehead atoms. The number of aliphatic hydroxyl groups is 2. The first-order valence-corrected chi connectivity index (χ1v) is 1.50. The molecule has 0 aromatic rings. The number of hydrogen-bond donors (Lipinski definition) is 2. The molecule has 0 aliphatic carbocycles. The van der Waals surface area contributed by atoms with E-state index in [1.165, 1.54) is 0 Å². The molecular weight excluding hydrogens is 100 g/mol. The summed E-state index contributed by atoms with van der Waals surface area (Å²) in [4.78, 5) is 18.7. The summed E-state index contributed by atoms with van der Waals surface area (Å²) in [7, 11) is 0. The third-order valence-electron chi connectivity index (χ3n) is 0.347. The Hall–Kier alpha value is -0.740. The van der Waals surface area contributed by atoms with E-state index in [9.17, 15) is 9.59 Å². The predicted octanol–water partition coefficient (Wildman–Crippen LogP) is -1.93. The van der Waals surface area contributed by atoms with Crippen molar-refractivity contribution < 1.29 is 19.8 Å². The summed E-state index contributed by atoms with van der Waals surface area (Å²) >= 11 is 0. The SMILES string of the molecule is O=CC(O)(O)C=O. The maximum Gasteiger partial charge on any atom is 0.279 e. The van der Waals surface area contributed by atoms with Gasteiger partial charge in [0, 0.05) is 0 Å². The molecule has 0 spiro atoms. The summed E-state index contributed by atoms with van der Waals surface area (Å²) < 4.78 is 0. The first-order valence-electron chi connectivity index (χ1n) is 1.50. The lowest BCUT2D eigenvalue weighted by molar-refractivity contribution is -0.170. The number of aldehydes is 2. The average Bonchev–Trinajstić information content (AvgIpc) is 1.68. The van der Waals surface area contributed by atoms with Crippen LogP contribution >= 0.6 is 0 Å². The largest absolute Gasteiger partial charge is 0.354 e. The van der Waals surface area contributed by atoms with Crippen molar-refractivity contribution in [3.05, 3.63) is 0 Å². The highest BCUT2D eigenvalue weighted by Gasteiger charge is 2.18. The Morgan fingerprint density at radius 1 is 1.14 bits per heavy atom. The highest BCUT2D eigenvalue weighted by Crippen LogP contribution is 1.83. The fourth-order valence-electron chi connectivity index (χ4n) is 0.0278. The highest BCUT2D eigenvalue weighted by atomic mass is 16.5. The van der Waals surface area contributed by atoms with Crippen LogP contribution in [-0.2, 0) is 9.59 Å². The molecule has 0 rings (SSSR count). The van der Waals surface area contributed by atoms with Crippen molar-refractivity contribution in [2.75, 3.05) is 0 Å². The Labute approximate surface area is 39.4 Å². The van der Waals surface area contributed by atoms with Crippen LogP contribution in [0.2, 0.25) is 0 Å². The maximum absolute atomic E-state index is 9.33. The van der Waals surface area contributed by atoms with Gasteiger partial charge in [-0.1, -0.05) is 0 Å². The third-order valence-corrected chi connectivity index (χ3v) is 0.347. The van der Waals surface area contributed by atoms with Crippen LogP contribution in [0.1, 0.15) is 0 Å². The summed E-state index contributed by atoms with van der Waals surface area (Å²) in [5.74, 6) is -2.78. The van der Waals surface area contributed by atoms with Gasteiger partial charge in [0.15, 0.2) is 12.6 Å². The Bertz CT molecular complexity index is 74.9. The van der Waals surface area contributed by atoms with Gasteiger partial charge >= 0.3 is 0 Å². The fourth-order valence-corrected chi connectivity index (χ4v) is 0.0278. The second kappa shape index (κ2) is 1.81. The molecule has 0 saturated heterocycles. The van der Waals surface area contributed by atoms with E-state index in [1.54, 1.807) is 0 Å². The minimum atomic E-state index is -2.78. The minimum absolute atomic E-state index is 0.264. The van der Waals surface area contributed by atoms with Gasteiger partial charge in [0.05, 0.1) is 0 Å². The van der Waals surface area contributed by atoms with Crippen LogP contribution in [0.5, 0.6) is 0 Å². The van der Waals surface area contributed by atoms with E-state index >= 15 is 0 Å². The van der Waals surface area contributed by atoms with Crippen molar-refractivity contribution in [2.45, 2.75) is 5.79 Å². The van der Waals surface area contributed by atoms with Gasteiger partial charge in [-0.25, -0.2) is 0 Å². The third kappa shape index (κ3) is 2.02. The second-order valence-electron chi connectivity index (χ2n) is 1.02. The summed E-state index contributed by atoms with van der Waals surface area (Å²) in [5.41, 5.74) is 0. The second-order valence-corrected chi connectivity index (χ2v) is 1.02. The van der Waals surface area contributed by atoms with Crippen molar-refractivity contribution in [2.24, 2.45) is 0 Å². The van der Waals surface area contributed by atoms with Gasteiger partial charge in [-0.05, 0) is 0 Å². The van der Waals surface area contributed by atoms with E-state index in [4.69, 9.17) is 10.2 Å². The van der Waals surface area contributed by atoms with Crippen molar-refractivity contribution in [3.8, 4) is 0 Å². The van der Waals surface area contributed by atoms with Gasteiger partial charge in [0.2, 0.25) is 0 Å². The summed E-state index contributed by atoms with van der Waals surface area (Å²) in [6.07, 6.45) is -0.528. The molecule has 0 aliphatic heterocycles. The molecule has 7 heavy (non-hydrogen) atoms. The molecule has 0 aliphatic rings. The molecule has 0 radical (unpaired) electrons. The van der Waals surface area contributed by atoms with E-state index in [-0.39, 0.29) is 12.6 Å². The quantitative estimate of drug-likeness (QED) is 0.243. The van der Waals surface area contributed by atoms with E-state index < -0.39 is 5.79 Å². The first kappa shape index (κ1) is 6.26. The Morgan fingerprint density at radius 2 is 1.43 bits per heavy atom. The van der Waals surface area contributed by atoms with Gasteiger partial charge in [0.25, 0.3) is 5.79 Å². The Kier molecular flexibility index (Phi) is 1.62. The molecule has 0 unspecified atom stereocenters. The van der Waals surface area contributed by atoms with E-state index in [0.29, 0.717) is 0 Å². The van der Waals surface area contributed by atoms with Crippen molar-refractivity contribution in [3.63, 3.8) is 0 Å². The molecule has 40 valence electrons. The molecule has 4 heteroatoms. The number of rotatable bonds is 2. The molecule has 0 aromatic carbocycles. The lowest BCUT2D eigenvalue weighted by Gasteiger charge is -2.00. The van der Waals surface area contributed by atoms with Gasteiger partial charge in [-0.3, -0.25) is 9.59 Å². The Morgan fingerprint density at radius 3 is 1.43 bits per heavy atom. The summed E-state index contributed by atoms with van der Waals surface area (Å²) in [6, 6.07) is 0. The van der Waals surface area contributed by atoms with Crippen LogP contribution in [0.15, 0.2) is 0 Å². The first-order chi connectivity index (χ1) is 3.12. The topological polar surface area (TPSA) is 74.6 Å². The molecule has 0 atom stereocenters. The summed E-state index contributed by atoms with van der Waals surface area (Å²) in [5, 5.41) is 15.9. The average molecular weight is 104 g/mol. The predicted molar refractivity (Wildman–Crippen MR) is 19.3 cm³/mol. The van der Waals surface area contributed by atoms with Crippen LogP contribution in [0.25, 0.3) is 0 Å². The van der Waals surface area contributed by atoms with Crippen LogP contribution in [-0.4, -0.2) is 28.6 Å². The van der Waals surface area contributed by atoms with Crippen LogP contribution < -0.4 is 0 Å². The molecule has 0 fully saturated rings. The maximum atomic E-state index is 9.33. The van der Waals surface area contributed by atoms with Gasteiger partial charge in [0.1, 0.15) is 0 Å².